The molecule has 98 valence electrons. The summed E-state index contributed by atoms with van der Waals surface area (Å²) in [5.74, 6) is 0. The molecule has 0 spiro atoms. The van der Waals surface area contributed by atoms with E-state index in [1.54, 1.807) is 0 Å². The quantitative estimate of drug-likeness (QED) is 0.530. The van der Waals surface area contributed by atoms with E-state index in [1.807, 2.05) is 41.5 Å². The lowest BCUT2D eigenvalue weighted by Gasteiger charge is -2.22. The normalized spacial score (nSPS) is 11.4. The number of carbonyl (C=O) groups is 2. The second kappa shape index (κ2) is 5.79. The Morgan fingerprint density at radius 3 is 1.29 bits per heavy atom. The highest BCUT2D eigenvalue weighted by Gasteiger charge is 2.15. The Hall–Kier alpha value is -1.40. The first-order valence-corrected chi connectivity index (χ1v) is 5.62. The van der Waals surface area contributed by atoms with Crippen molar-refractivity contribution < 1.29 is 9.59 Å². The second-order valence-electron chi connectivity index (χ2n) is 5.94. The summed E-state index contributed by atoms with van der Waals surface area (Å²) >= 11 is 0. The maximum absolute atomic E-state index is 11.3. The molecule has 0 heterocycles. The van der Waals surface area contributed by atoms with Crippen LogP contribution in [-0.2, 0) is 0 Å². The maximum Gasteiger partial charge on any atom is 0.358 e. The third kappa shape index (κ3) is 10.9. The number of nitrogens with one attached hydrogen (secondary N) is 4. The van der Waals surface area contributed by atoms with E-state index in [-0.39, 0.29) is 30.7 Å². The van der Waals surface area contributed by atoms with Crippen molar-refractivity contribution >= 4 is 19.6 Å². The molecular formula is C10H23BN4O2. The van der Waals surface area contributed by atoms with Gasteiger partial charge in [-0.2, -0.15) is 0 Å². The van der Waals surface area contributed by atoms with Crippen LogP contribution in [0.25, 0.3) is 0 Å². The van der Waals surface area contributed by atoms with E-state index < -0.39 is 0 Å². The Bertz CT molecular complexity index is 253. The summed E-state index contributed by atoms with van der Waals surface area (Å²) in [4.78, 5) is 22.7. The summed E-state index contributed by atoms with van der Waals surface area (Å²) in [6.45, 7) is 11.3. The summed E-state index contributed by atoms with van der Waals surface area (Å²) in [7, 11) is 0.0871. The van der Waals surface area contributed by atoms with E-state index >= 15 is 0 Å². The molecule has 4 amide bonds. The Morgan fingerprint density at radius 2 is 1.06 bits per heavy atom. The minimum Gasteiger partial charge on any atom is -0.364 e. The van der Waals surface area contributed by atoms with Crippen molar-refractivity contribution in [2.75, 3.05) is 0 Å². The van der Waals surface area contributed by atoms with Gasteiger partial charge in [0.25, 0.3) is 0 Å². The van der Waals surface area contributed by atoms with Crippen molar-refractivity contribution in [2.45, 2.75) is 52.6 Å². The van der Waals surface area contributed by atoms with Crippen LogP contribution in [0.3, 0.4) is 0 Å². The van der Waals surface area contributed by atoms with Crippen LogP contribution in [0.1, 0.15) is 41.5 Å². The molecule has 0 saturated carbocycles. The maximum atomic E-state index is 11.3. The molecule has 0 rings (SSSR count). The number of hydrogen-bond acceptors (Lipinski definition) is 2. The number of amides is 4. The van der Waals surface area contributed by atoms with Gasteiger partial charge in [-0.15, -0.1) is 0 Å². The average Bonchev–Trinajstić information content (AvgIpc) is 1.95. The zero-order valence-electron chi connectivity index (χ0n) is 11.5. The first kappa shape index (κ1) is 15.6. The van der Waals surface area contributed by atoms with Crippen LogP contribution in [0.5, 0.6) is 0 Å². The Kier molecular flexibility index (Phi) is 5.32. The van der Waals surface area contributed by atoms with Gasteiger partial charge in [0, 0.05) is 11.1 Å². The number of hydrogen-bond donors (Lipinski definition) is 4. The molecule has 0 saturated heterocycles. The van der Waals surface area contributed by atoms with Crippen molar-refractivity contribution in [1.82, 2.24) is 21.1 Å². The van der Waals surface area contributed by atoms with Gasteiger partial charge in [-0.3, -0.25) is 9.59 Å². The molecular weight excluding hydrogens is 219 g/mol. The summed E-state index contributed by atoms with van der Waals surface area (Å²) in [6, 6.07) is -0.623. The highest BCUT2D eigenvalue weighted by molar-refractivity contribution is 6.38. The van der Waals surface area contributed by atoms with Gasteiger partial charge in [-0.05, 0) is 41.5 Å². The predicted molar refractivity (Wildman–Crippen MR) is 70.0 cm³/mol. The molecule has 4 N–H and O–H groups in total. The first-order valence-electron chi connectivity index (χ1n) is 5.62. The summed E-state index contributed by atoms with van der Waals surface area (Å²) in [5, 5.41) is 10.5. The van der Waals surface area contributed by atoms with Crippen molar-refractivity contribution in [3.05, 3.63) is 0 Å². The zero-order valence-corrected chi connectivity index (χ0v) is 11.5. The Morgan fingerprint density at radius 1 is 0.765 bits per heavy atom. The molecule has 0 unspecified atom stereocenters. The van der Waals surface area contributed by atoms with Gasteiger partial charge < -0.3 is 21.1 Å². The molecule has 6 nitrogen and oxygen atoms in total. The Labute approximate surface area is 104 Å². The van der Waals surface area contributed by atoms with Crippen LogP contribution in [0.2, 0.25) is 0 Å². The standard InChI is InChI=1S/C10H23BN4O2/c1-9(2,3)12-7(16)14-11-15-8(17)13-10(4,5)6/h11H,1-6H3,(H2,12,14,16)(H2,13,15,17). The predicted octanol–water partition coefficient (Wildman–Crippen LogP) is 0.448. The Balaban J connectivity index is 3.78. The highest BCUT2D eigenvalue weighted by Crippen LogP contribution is 1.97. The molecule has 0 aliphatic rings. The monoisotopic (exact) mass is 242 g/mol. The average molecular weight is 242 g/mol. The van der Waals surface area contributed by atoms with E-state index in [2.05, 4.69) is 21.1 Å². The summed E-state index contributed by atoms with van der Waals surface area (Å²) in [6.07, 6.45) is 0. The van der Waals surface area contributed by atoms with E-state index in [9.17, 15) is 9.59 Å². The van der Waals surface area contributed by atoms with Crippen LogP contribution in [0.4, 0.5) is 9.59 Å². The SMILES string of the molecule is CC(C)(C)NC(=O)NBNC(=O)NC(C)(C)C. The lowest BCUT2D eigenvalue weighted by Crippen LogP contribution is -2.54. The number of rotatable bonds is 2. The van der Waals surface area contributed by atoms with Crippen LogP contribution < -0.4 is 21.1 Å². The number of carbonyl (C=O) groups excluding carboxylic acids is 2. The largest absolute Gasteiger partial charge is 0.364 e. The number of urea groups is 2. The molecule has 0 fully saturated rings. The van der Waals surface area contributed by atoms with Gasteiger partial charge in [0.05, 0.1) is 0 Å². The van der Waals surface area contributed by atoms with E-state index in [0.717, 1.165) is 0 Å². The fourth-order valence-electron chi connectivity index (χ4n) is 0.974. The topological polar surface area (TPSA) is 82.3 Å². The molecule has 0 aliphatic heterocycles. The molecule has 17 heavy (non-hydrogen) atoms. The summed E-state index contributed by atoms with van der Waals surface area (Å²) < 4.78 is 0. The minimum absolute atomic E-state index is 0.0871. The fourth-order valence-corrected chi connectivity index (χ4v) is 0.974. The van der Waals surface area contributed by atoms with Crippen molar-refractivity contribution in [3.63, 3.8) is 0 Å². The molecule has 0 bridgehead atoms. The molecule has 7 heteroatoms. The highest BCUT2D eigenvalue weighted by atomic mass is 16.2. The van der Waals surface area contributed by atoms with E-state index in [1.165, 1.54) is 0 Å². The molecule has 0 aromatic heterocycles. The van der Waals surface area contributed by atoms with Crippen LogP contribution in [0, 0.1) is 0 Å². The lowest BCUT2D eigenvalue weighted by molar-refractivity contribution is 0.236. The van der Waals surface area contributed by atoms with Crippen molar-refractivity contribution in [2.24, 2.45) is 0 Å². The van der Waals surface area contributed by atoms with Crippen molar-refractivity contribution in [3.8, 4) is 0 Å². The fraction of sp³-hybridized carbons (Fsp3) is 0.800. The van der Waals surface area contributed by atoms with E-state index in [0.29, 0.717) is 0 Å². The van der Waals surface area contributed by atoms with Gasteiger partial charge in [0.15, 0.2) is 0 Å². The molecule has 0 aliphatic carbocycles. The molecule has 0 aromatic rings. The van der Waals surface area contributed by atoms with Gasteiger partial charge in [0.1, 0.15) is 0 Å². The lowest BCUT2D eigenvalue weighted by atomic mass is 10.1. The van der Waals surface area contributed by atoms with E-state index in [4.69, 9.17) is 0 Å². The minimum atomic E-state index is -0.312. The summed E-state index contributed by atoms with van der Waals surface area (Å²) in [5.41, 5.74) is -0.588. The van der Waals surface area contributed by atoms with Crippen molar-refractivity contribution in [1.29, 1.82) is 0 Å². The van der Waals surface area contributed by atoms with Gasteiger partial charge in [-0.25, -0.2) is 0 Å². The van der Waals surface area contributed by atoms with Gasteiger partial charge in [-0.1, -0.05) is 0 Å². The van der Waals surface area contributed by atoms with Crippen LogP contribution in [0.15, 0.2) is 0 Å². The van der Waals surface area contributed by atoms with Gasteiger partial charge in [0.2, 0.25) is 0 Å². The smallest absolute Gasteiger partial charge is 0.358 e. The van der Waals surface area contributed by atoms with Crippen LogP contribution in [-0.4, -0.2) is 30.7 Å². The second-order valence-corrected chi connectivity index (χ2v) is 5.94. The molecule has 0 atom stereocenters. The molecule has 0 radical (unpaired) electrons. The third-order valence-electron chi connectivity index (χ3n) is 1.47. The van der Waals surface area contributed by atoms with Gasteiger partial charge >= 0.3 is 19.6 Å². The zero-order chi connectivity index (χ0) is 13.7. The molecule has 0 aromatic carbocycles. The first-order chi connectivity index (χ1) is 7.49. The van der Waals surface area contributed by atoms with Crippen LogP contribution >= 0.6 is 0 Å². The third-order valence-corrected chi connectivity index (χ3v) is 1.47.